The summed E-state index contributed by atoms with van der Waals surface area (Å²) in [5, 5.41) is 1.49. The number of hydrogen-bond acceptors (Lipinski definition) is 2. The number of esters is 1. The molecule has 2 rings (SSSR count). The second-order valence-corrected chi connectivity index (χ2v) is 3.74. The number of ether oxygens (including phenoxy) is 1. The van der Waals surface area contributed by atoms with Crippen LogP contribution in [-0.2, 0) is 11.8 Å². The molecule has 0 bridgehead atoms. The Balaban J connectivity index is 2.68. The first kappa shape index (κ1) is 10.1. The van der Waals surface area contributed by atoms with E-state index in [1.165, 1.54) is 6.92 Å². The molecule has 2 aromatic rings. The molecule has 0 radical (unpaired) electrons. The third kappa shape index (κ3) is 1.70. The summed E-state index contributed by atoms with van der Waals surface area (Å²) in [5.41, 5.74) is 0.871. The average molecular weight is 224 g/mol. The zero-order valence-corrected chi connectivity index (χ0v) is 9.21. The fourth-order valence-electron chi connectivity index (χ4n) is 1.62. The van der Waals surface area contributed by atoms with Gasteiger partial charge in [0.25, 0.3) is 0 Å². The van der Waals surface area contributed by atoms with Crippen LogP contribution in [0.4, 0.5) is 0 Å². The minimum Gasteiger partial charge on any atom is -0.424 e. The smallest absolute Gasteiger partial charge is 0.308 e. The van der Waals surface area contributed by atoms with Crippen LogP contribution in [-0.4, -0.2) is 10.5 Å². The molecule has 0 fully saturated rings. The van der Waals surface area contributed by atoms with Gasteiger partial charge in [0.15, 0.2) is 5.75 Å². The zero-order valence-electron chi connectivity index (χ0n) is 8.45. The number of carbonyl (C=O) groups is 1. The second-order valence-electron chi connectivity index (χ2n) is 3.33. The Bertz CT molecular complexity index is 531. The Hall–Kier alpha value is -1.48. The third-order valence-electron chi connectivity index (χ3n) is 2.17. The standard InChI is InChI=1S/C11H10ClNO2/c1-7(14)15-10-6-13(2)11-8(10)4-3-5-9(11)12/h3-6H,1-2H3. The van der Waals surface area contributed by atoms with Gasteiger partial charge in [-0.2, -0.15) is 0 Å². The normalized spacial score (nSPS) is 10.6. The lowest BCUT2D eigenvalue weighted by Crippen LogP contribution is -2.00. The fourth-order valence-corrected chi connectivity index (χ4v) is 1.93. The van der Waals surface area contributed by atoms with Crippen LogP contribution in [0.25, 0.3) is 10.9 Å². The van der Waals surface area contributed by atoms with Gasteiger partial charge in [-0.25, -0.2) is 0 Å². The highest BCUT2D eigenvalue weighted by molar-refractivity contribution is 6.35. The van der Waals surface area contributed by atoms with E-state index in [-0.39, 0.29) is 5.97 Å². The molecule has 0 atom stereocenters. The molecule has 0 spiro atoms. The lowest BCUT2D eigenvalue weighted by molar-refractivity contribution is -0.131. The monoisotopic (exact) mass is 223 g/mol. The first-order chi connectivity index (χ1) is 7.09. The lowest BCUT2D eigenvalue weighted by Gasteiger charge is -1.98. The van der Waals surface area contributed by atoms with Crippen molar-refractivity contribution in [3.63, 3.8) is 0 Å². The van der Waals surface area contributed by atoms with E-state index in [1.807, 2.05) is 23.7 Å². The van der Waals surface area contributed by atoms with Crippen molar-refractivity contribution < 1.29 is 9.53 Å². The van der Waals surface area contributed by atoms with E-state index < -0.39 is 0 Å². The SMILES string of the molecule is CC(=O)Oc1cn(C)c2c(Cl)cccc12. The fraction of sp³-hybridized carbons (Fsp3) is 0.182. The second kappa shape index (κ2) is 3.59. The number of para-hydroxylation sites is 1. The maximum absolute atomic E-state index is 10.9. The van der Waals surface area contributed by atoms with Crippen molar-refractivity contribution in [1.82, 2.24) is 4.57 Å². The summed E-state index contributed by atoms with van der Waals surface area (Å²) in [4.78, 5) is 10.9. The van der Waals surface area contributed by atoms with Crippen LogP contribution in [0.1, 0.15) is 6.92 Å². The molecule has 0 N–H and O–H groups in total. The van der Waals surface area contributed by atoms with Crippen molar-refractivity contribution in [2.75, 3.05) is 0 Å². The van der Waals surface area contributed by atoms with Crippen molar-refractivity contribution in [2.24, 2.45) is 7.05 Å². The molecule has 4 heteroatoms. The Kier molecular flexibility index (Phi) is 2.40. The van der Waals surface area contributed by atoms with Gasteiger partial charge in [-0.05, 0) is 12.1 Å². The van der Waals surface area contributed by atoms with Crippen molar-refractivity contribution in [2.45, 2.75) is 6.92 Å². The Morgan fingerprint density at radius 2 is 2.20 bits per heavy atom. The van der Waals surface area contributed by atoms with Gasteiger partial charge in [0.2, 0.25) is 0 Å². The van der Waals surface area contributed by atoms with E-state index in [1.54, 1.807) is 12.3 Å². The van der Waals surface area contributed by atoms with Crippen LogP contribution in [0, 0.1) is 0 Å². The lowest BCUT2D eigenvalue weighted by atomic mass is 10.2. The highest BCUT2D eigenvalue weighted by Crippen LogP contribution is 2.32. The number of rotatable bonds is 1. The number of hydrogen-bond donors (Lipinski definition) is 0. The van der Waals surface area contributed by atoms with Crippen molar-refractivity contribution >= 4 is 28.5 Å². The van der Waals surface area contributed by atoms with Crippen LogP contribution >= 0.6 is 11.6 Å². The van der Waals surface area contributed by atoms with E-state index in [2.05, 4.69) is 0 Å². The topological polar surface area (TPSA) is 31.2 Å². The molecule has 1 aromatic carbocycles. The van der Waals surface area contributed by atoms with Gasteiger partial charge in [0.05, 0.1) is 10.5 Å². The van der Waals surface area contributed by atoms with E-state index in [0.717, 1.165) is 10.9 Å². The minimum absolute atomic E-state index is 0.331. The molecule has 0 aliphatic carbocycles. The maximum Gasteiger partial charge on any atom is 0.308 e. The maximum atomic E-state index is 10.9. The predicted molar refractivity (Wildman–Crippen MR) is 59.2 cm³/mol. The summed E-state index contributed by atoms with van der Waals surface area (Å²) in [6.07, 6.45) is 1.75. The summed E-state index contributed by atoms with van der Waals surface area (Å²) in [5.74, 6) is 0.213. The molecular weight excluding hydrogens is 214 g/mol. The number of fused-ring (bicyclic) bond motifs is 1. The Morgan fingerprint density at radius 3 is 2.87 bits per heavy atom. The van der Waals surface area contributed by atoms with Gasteiger partial charge in [-0.1, -0.05) is 17.7 Å². The number of aromatic nitrogens is 1. The van der Waals surface area contributed by atoms with Gasteiger partial charge in [0, 0.05) is 25.6 Å². The van der Waals surface area contributed by atoms with E-state index in [9.17, 15) is 4.79 Å². The van der Waals surface area contributed by atoms with Gasteiger partial charge < -0.3 is 9.30 Å². The number of nitrogens with zero attached hydrogens (tertiary/aromatic N) is 1. The molecule has 0 amide bonds. The molecule has 15 heavy (non-hydrogen) atoms. The van der Waals surface area contributed by atoms with E-state index in [0.29, 0.717) is 10.8 Å². The highest BCUT2D eigenvalue weighted by Gasteiger charge is 2.11. The van der Waals surface area contributed by atoms with Crippen LogP contribution in [0.5, 0.6) is 5.75 Å². The van der Waals surface area contributed by atoms with Crippen LogP contribution in [0.3, 0.4) is 0 Å². The van der Waals surface area contributed by atoms with Gasteiger partial charge in [-0.3, -0.25) is 4.79 Å². The van der Waals surface area contributed by atoms with Crippen molar-refractivity contribution in [3.8, 4) is 5.75 Å². The molecule has 0 unspecified atom stereocenters. The van der Waals surface area contributed by atoms with Gasteiger partial charge >= 0.3 is 5.97 Å². The van der Waals surface area contributed by atoms with E-state index >= 15 is 0 Å². The van der Waals surface area contributed by atoms with Crippen LogP contribution in [0.15, 0.2) is 24.4 Å². The summed E-state index contributed by atoms with van der Waals surface area (Å²) >= 11 is 6.05. The molecule has 0 saturated heterocycles. The number of benzene rings is 1. The van der Waals surface area contributed by atoms with Crippen molar-refractivity contribution in [3.05, 3.63) is 29.4 Å². The summed E-state index contributed by atoms with van der Waals surface area (Å²) < 4.78 is 6.93. The summed E-state index contributed by atoms with van der Waals surface area (Å²) in [7, 11) is 1.86. The van der Waals surface area contributed by atoms with Crippen LogP contribution in [0.2, 0.25) is 5.02 Å². The quantitative estimate of drug-likeness (QED) is 0.696. The zero-order chi connectivity index (χ0) is 11.0. The molecule has 0 aliphatic heterocycles. The molecule has 1 heterocycles. The summed E-state index contributed by atoms with van der Waals surface area (Å²) in [6.45, 7) is 1.38. The number of carbonyl (C=O) groups excluding carboxylic acids is 1. The van der Waals surface area contributed by atoms with Gasteiger partial charge in [0.1, 0.15) is 0 Å². The molecule has 1 aromatic heterocycles. The summed E-state index contributed by atoms with van der Waals surface area (Å²) in [6, 6.07) is 5.51. The van der Waals surface area contributed by atoms with Crippen LogP contribution < -0.4 is 4.74 Å². The Labute approximate surface area is 92.2 Å². The van der Waals surface area contributed by atoms with Gasteiger partial charge in [-0.15, -0.1) is 0 Å². The molecular formula is C11H10ClNO2. The van der Waals surface area contributed by atoms with E-state index in [4.69, 9.17) is 16.3 Å². The molecule has 0 saturated carbocycles. The molecule has 0 aliphatic rings. The molecule has 78 valence electrons. The highest BCUT2D eigenvalue weighted by atomic mass is 35.5. The first-order valence-corrected chi connectivity index (χ1v) is 4.89. The predicted octanol–water partition coefficient (Wildman–Crippen LogP) is 2.76. The first-order valence-electron chi connectivity index (χ1n) is 4.51. The largest absolute Gasteiger partial charge is 0.424 e. The molecule has 3 nitrogen and oxygen atoms in total. The number of halogens is 1. The Morgan fingerprint density at radius 1 is 1.47 bits per heavy atom. The van der Waals surface area contributed by atoms with Crippen molar-refractivity contribution in [1.29, 1.82) is 0 Å². The minimum atomic E-state index is -0.331. The average Bonchev–Trinajstić information content (AvgIpc) is 2.44. The number of aryl methyl sites for hydroxylation is 1. The third-order valence-corrected chi connectivity index (χ3v) is 2.47.